The molecule has 1 N–H and O–H groups in total. The van der Waals surface area contributed by atoms with Crippen molar-refractivity contribution in [1.82, 2.24) is 5.32 Å². The average molecular weight is 271 g/mol. The molecule has 100 valence electrons. The summed E-state index contributed by atoms with van der Waals surface area (Å²) < 4.78 is 38.2. The largest absolute Gasteiger partial charge is 0.316 e. The Morgan fingerprint density at radius 3 is 2.67 bits per heavy atom. The van der Waals surface area contributed by atoms with Gasteiger partial charge in [0, 0.05) is 6.04 Å². The van der Waals surface area contributed by atoms with E-state index in [4.69, 9.17) is 0 Å². The predicted molar refractivity (Wildman–Crippen MR) is 68.7 cm³/mol. The van der Waals surface area contributed by atoms with Crippen LogP contribution >= 0.6 is 0 Å². The van der Waals surface area contributed by atoms with E-state index in [2.05, 4.69) is 5.32 Å². The lowest BCUT2D eigenvalue weighted by molar-refractivity contribution is 0.389. The third-order valence-corrected chi connectivity index (χ3v) is 5.87. The standard InChI is InChI=1S/C13H18FNO2S/c1-15-12-7-2-3-8-13(12)18(16,17)11-6-4-5-10(14)9-11/h4-6,9,12-13,15H,2-3,7-8H2,1H3. The first-order valence-corrected chi connectivity index (χ1v) is 7.77. The second-order valence-electron chi connectivity index (χ2n) is 4.72. The van der Waals surface area contributed by atoms with Crippen LogP contribution in [0, 0.1) is 5.82 Å². The molecule has 3 nitrogen and oxygen atoms in total. The lowest BCUT2D eigenvalue weighted by atomic mass is 9.95. The van der Waals surface area contributed by atoms with Crippen LogP contribution in [0.1, 0.15) is 25.7 Å². The Balaban J connectivity index is 2.35. The summed E-state index contributed by atoms with van der Waals surface area (Å²) in [6.45, 7) is 0. The summed E-state index contributed by atoms with van der Waals surface area (Å²) in [6, 6.07) is 5.25. The molecule has 2 rings (SSSR count). The third-order valence-electron chi connectivity index (χ3n) is 3.60. The molecule has 1 aliphatic carbocycles. The van der Waals surface area contributed by atoms with Gasteiger partial charge in [0.25, 0.3) is 0 Å². The van der Waals surface area contributed by atoms with Crippen LogP contribution < -0.4 is 5.32 Å². The molecule has 0 heterocycles. The smallest absolute Gasteiger partial charge is 0.182 e. The third kappa shape index (κ3) is 2.57. The summed E-state index contributed by atoms with van der Waals surface area (Å²) >= 11 is 0. The maximum atomic E-state index is 13.2. The van der Waals surface area contributed by atoms with Gasteiger partial charge in [-0.2, -0.15) is 0 Å². The van der Waals surface area contributed by atoms with Gasteiger partial charge in [-0.1, -0.05) is 18.9 Å². The Kier molecular flexibility index (Phi) is 4.02. The molecule has 1 aromatic rings. The minimum Gasteiger partial charge on any atom is -0.316 e. The summed E-state index contributed by atoms with van der Waals surface area (Å²) in [5, 5.41) is 2.63. The van der Waals surface area contributed by atoms with Crippen LogP contribution in [-0.2, 0) is 9.84 Å². The molecule has 0 aliphatic heterocycles. The minimum atomic E-state index is -3.45. The molecular weight excluding hydrogens is 253 g/mol. The molecule has 2 atom stereocenters. The van der Waals surface area contributed by atoms with E-state index in [0.717, 1.165) is 25.3 Å². The summed E-state index contributed by atoms with van der Waals surface area (Å²) in [6.07, 6.45) is 3.46. The van der Waals surface area contributed by atoms with Gasteiger partial charge in [-0.15, -0.1) is 0 Å². The number of sulfone groups is 1. The topological polar surface area (TPSA) is 46.2 Å². The fourth-order valence-corrected chi connectivity index (χ4v) is 4.69. The van der Waals surface area contributed by atoms with Crippen molar-refractivity contribution >= 4 is 9.84 Å². The fraction of sp³-hybridized carbons (Fsp3) is 0.538. The van der Waals surface area contributed by atoms with Crippen molar-refractivity contribution < 1.29 is 12.8 Å². The predicted octanol–water partition coefficient (Wildman–Crippen LogP) is 2.13. The first-order valence-electron chi connectivity index (χ1n) is 6.22. The van der Waals surface area contributed by atoms with Crippen LogP contribution in [-0.4, -0.2) is 26.8 Å². The van der Waals surface area contributed by atoms with Crippen molar-refractivity contribution in [1.29, 1.82) is 0 Å². The van der Waals surface area contributed by atoms with Crippen molar-refractivity contribution in [2.75, 3.05) is 7.05 Å². The van der Waals surface area contributed by atoms with E-state index >= 15 is 0 Å². The van der Waals surface area contributed by atoms with Crippen LogP contribution in [0.4, 0.5) is 4.39 Å². The molecule has 0 spiro atoms. The molecule has 1 aliphatic rings. The quantitative estimate of drug-likeness (QED) is 0.916. The lowest BCUT2D eigenvalue weighted by Gasteiger charge is -2.30. The molecule has 0 saturated heterocycles. The number of hydrogen-bond donors (Lipinski definition) is 1. The fourth-order valence-electron chi connectivity index (χ4n) is 2.62. The van der Waals surface area contributed by atoms with Crippen LogP contribution in [0.15, 0.2) is 29.2 Å². The molecule has 0 radical (unpaired) electrons. The van der Waals surface area contributed by atoms with Gasteiger partial charge in [-0.3, -0.25) is 0 Å². The van der Waals surface area contributed by atoms with E-state index in [1.165, 1.54) is 18.2 Å². The van der Waals surface area contributed by atoms with E-state index in [1.807, 2.05) is 0 Å². The molecular formula is C13H18FNO2S. The van der Waals surface area contributed by atoms with Crippen LogP contribution in [0.3, 0.4) is 0 Å². The van der Waals surface area contributed by atoms with Crippen molar-refractivity contribution in [3.05, 3.63) is 30.1 Å². The number of hydrogen-bond acceptors (Lipinski definition) is 3. The van der Waals surface area contributed by atoms with Gasteiger partial charge in [-0.05, 0) is 38.1 Å². The Labute approximate surface area is 107 Å². The van der Waals surface area contributed by atoms with E-state index in [9.17, 15) is 12.8 Å². The van der Waals surface area contributed by atoms with Gasteiger partial charge in [0.2, 0.25) is 0 Å². The Morgan fingerprint density at radius 1 is 1.28 bits per heavy atom. The number of rotatable bonds is 3. The summed E-state index contributed by atoms with van der Waals surface area (Å²) in [5.74, 6) is -0.507. The van der Waals surface area contributed by atoms with E-state index < -0.39 is 20.9 Å². The lowest BCUT2D eigenvalue weighted by Crippen LogP contribution is -2.44. The maximum absolute atomic E-state index is 13.2. The van der Waals surface area contributed by atoms with Crippen molar-refractivity contribution in [2.45, 2.75) is 41.9 Å². The zero-order valence-corrected chi connectivity index (χ0v) is 11.2. The minimum absolute atomic E-state index is 0.0352. The van der Waals surface area contributed by atoms with Gasteiger partial charge < -0.3 is 5.32 Å². The highest BCUT2D eigenvalue weighted by atomic mass is 32.2. The first kappa shape index (κ1) is 13.5. The first-order chi connectivity index (χ1) is 8.55. The second-order valence-corrected chi connectivity index (χ2v) is 6.89. The van der Waals surface area contributed by atoms with E-state index in [1.54, 1.807) is 7.05 Å². The Bertz CT molecular complexity index is 515. The maximum Gasteiger partial charge on any atom is 0.182 e. The van der Waals surface area contributed by atoms with E-state index in [0.29, 0.717) is 6.42 Å². The molecule has 2 unspecified atom stereocenters. The van der Waals surface area contributed by atoms with Gasteiger partial charge in [0.05, 0.1) is 10.1 Å². The molecule has 18 heavy (non-hydrogen) atoms. The zero-order valence-electron chi connectivity index (χ0n) is 10.4. The van der Waals surface area contributed by atoms with Crippen molar-refractivity contribution in [3.63, 3.8) is 0 Å². The molecule has 1 aromatic carbocycles. The number of benzene rings is 1. The summed E-state index contributed by atoms with van der Waals surface area (Å²) in [5.41, 5.74) is 0. The average Bonchev–Trinajstić information content (AvgIpc) is 2.38. The van der Waals surface area contributed by atoms with Gasteiger partial charge in [0.15, 0.2) is 9.84 Å². The van der Waals surface area contributed by atoms with Gasteiger partial charge in [0.1, 0.15) is 5.82 Å². The summed E-state index contributed by atoms with van der Waals surface area (Å²) in [4.78, 5) is 0.0923. The zero-order chi connectivity index (χ0) is 13.2. The summed E-state index contributed by atoms with van der Waals surface area (Å²) in [7, 11) is -1.67. The van der Waals surface area contributed by atoms with Crippen molar-refractivity contribution in [3.8, 4) is 0 Å². The van der Waals surface area contributed by atoms with Crippen molar-refractivity contribution in [2.24, 2.45) is 0 Å². The van der Waals surface area contributed by atoms with Gasteiger partial charge in [-0.25, -0.2) is 12.8 Å². The van der Waals surface area contributed by atoms with Crippen LogP contribution in [0.25, 0.3) is 0 Å². The highest BCUT2D eigenvalue weighted by molar-refractivity contribution is 7.92. The van der Waals surface area contributed by atoms with E-state index in [-0.39, 0.29) is 10.9 Å². The van der Waals surface area contributed by atoms with Crippen LogP contribution in [0.5, 0.6) is 0 Å². The van der Waals surface area contributed by atoms with Crippen LogP contribution in [0.2, 0.25) is 0 Å². The number of nitrogens with one attached hydrogen (secondary N) is 1. The molecule has 0 bridgehead atoms. The molecule has 5 heteroatoms. The Morgan fingerprint density at radius 2 is 2.00 bits per heavy atom. The molecule has 1 saturated carbocycles. The SMILES string of the molecule is CNC1CCCCC1S(=O)(=O)c1cccc(F)c1. The van der Waals surface area contributed by atoms with Gasteiger partial charge >= 0.3 is 0 Å². The molecule has 0 aromatic heterocycles. The number of halogens is 1. The Hall–Kier alpha value is -0.940. The highest BCUT2D eigenvalue weighted by Gasteiger charge is 2.35. The normalized spacial score (nSPS) is 25.0. The molecule has 1 fully saturated rings. The monoisotopic (exact) mass is 271 g/mol. The molecule has 0 amide bonds. The highest BCUT2D eigenvalue weighted by Crippen LogP contribution is 2.29. The second kappa shape index (κ2) is 5.36.